The third-order valence-corrected chi connectivity index (χ3v) is 3.94. The molecule has 2 amide bonds. The number of para-hydroxylation sites is 1. The lowest BCUT2D eigenvalue weighted by atomic mass is 10.2. The molecule has 0 fully saturated rings. The van der Waals surface area contributed by atoms with Crippen molar-refractivity contribution in [3.63, 3.8) is 0 Å². The summed E-state index contributed by atoms with van der Waals surface area (Å²) in [6, 6.07) is 11.4. The van der Waals surface area contributed by atoms with Crippen molar-refractivity contribution in [1.29, 1.82) is 0 Å². The van der Waals surface area contributed by atoms with E-state index in [1.165, 1.54) is 6.07 Å². The van der Waals surface area contributed by atoms with E-state index in [4.69, 9.17) is 32.7 Å². The number of alkyl carbamates (subject to hydrolysis) is 1. The predicted octanol–water partition coefficient (Wildman–Crippen LogP) is 4.00. The smallest absolute Gasteiger partial charge is 0.413 e. The SMILES string of the molecule is CCOC(=O)NC(=O)COC(=O)c1ccccc1OCc1ccc(Cl)cc1Cl. The van der Waals surface area contributed by atoms with Gasteiger partial charge in [0.05, 0.1) is 6.61 Å². The van der Waals surface area contributed by atoms with Crippen LogP contribution in [0.3, 0.4) is 0 Å². The number of nitrogens with one attached hydrogen (secondary N) is 1. The molecule has 0 saturated carbocycles. The summed E-state index contributed by atoms with van der Waals surface area (Å²) in [5, 5.41) is 2.86. The molecule has 0 bridgehead atoms. The van der Waals surface area contributed by atoms with Crippen LogP contribution in [-0.2, 0) is 20.9 Å². The molecule has 0 aliphatic rings. The second-order valence-corrected chi connectivity index (χ2v) is 6.21. The summed E-state index contributed by atoms with van der Waals surface area (Å²) in [6.07, 6.45) is -0.910. The zero-order valence-electron chi connectivity index (χ0n) is 14.9. The Kier molecular flexibility index (Phi) is 8.10. The minimum absolute atomic E-state index is 0.101. The molecule has 148 valence electrons. The number of carbonyl (C=O) groups excluding carboxylic acids is 3. The maximum Gasteiger partial charge on any atom is 0.413 e. The Bertz CT molecular complexity index is 871. The highest BCUT2D eigenvalue weighted by Crippen LogP contribution is 2.24. The molecular weight excluding hydrogens is 409 g/mol. The predicted molar refractivity (Wildman–Crippen MR) is 103 cm³/mol. The fraction of sp³-hybridized carbons (Fsp3) is 0.211. The van der Waals surface area contributed by atoms with Gasteiger partial charge in [-0.1, -0.05) is 41.4 Å². The number of halogens is 2. The first-order chi connectivity index (χ1) is 13.4. The topological polar surface area (TPSA) is 90.9 Å². The lowest BCUT2D eigenvalue weighted by Gasteiger charge is -2.12. The molecular formula is C19H17Cl2NO6. The summed E-state index contributed by atoms with van der Waals surface area (Å²) in [5.41, 5.74) is 0.805. The molecule has 2 aromatic rings. The van der Waals surface area contributed by atoms with Gasteiger partial charge < -0.3 is 14.2 Å². The number of carbonyl (C=O) groups is 3. The van der Waals surface area contributed by atoms with Gasteiger partial charge in [0.15, 0.2) is 6.61 Å². The molecule has 0 radical (unpaired) electrons. The molecule has 9 heteroatoms. The molecule has 28 heavy (non-hydrogen) atoms. The number of benzene rings is 2. The molecule has 0 aliphatic heterocycles. The van der Waals surface area contributed by atoms with Crippen LogP contribution in [0, 0.1) is 0 Å². The zero-order valence-corrected chi connectivity index (χ0v) is 16.4. The van der Waals surface area contributed by atoms with Crippen LogP contribution in [0.2, 0.25) is 10.0 Å². The molecule has 0 unspecified atom stereocenters. The lowest BCUT2D eigenvalue weighted by molar-refractivity contribution is -0.123. The second-order valence-electron chi connectivity index (χ2n) is 5.37. The number of rotatable bonds is 7. The van der Waals surface area contributed by atoms with Gasteiger partial charge in [-0.2, -0.15) is 0 Å². The summed E-state index contributed by atoms with van der Waals surface area (Å²) in [6.45, 7) is 1.16. The van der Waals surface area contributed by atoms with Crippen molar-refractivity contribution in [3.05, 3.63) is 63.6 Å². The van der Waals surface area contributed by atoms with Gasteiger partial charge in [0.25, 0.3) is 5.91 Å². The highest BCUT2D eigenvalue weighted by atomic mass is 35.5. The van der Waals surface area contributed by atoms with Crippen LogP contribution in [0.1, 0.15) is 22.8 Å². The zero-order chi connectivity index (χ0) is 20.5. The average molecular weight is 426 g/mol. The van der Waals surface area contributed by atoms with E-state index in [-0.39, 0.29) is 24.5 Å². The minimum Gasteiger partial charge on any atom is -0.488 e. The van der Waals surface area contributed by atoms with Gasteiger partial charge in [-0.25, -0.2) is 9.59 Å². The van der Waals surface area contributed by atoms with E-state index < -0.39 is 24.6 Å². The largest absolute Gasteiger partial charge is 0.488 e. The lowest BCUT2D eigenvalue weighted by Crippen LogP contribution is -2.34. The van der Waals surface area contributed by atoms with Crippen molar-refractivity contribution < 1.29 is 28.6 Å². The first-order valence-corrected chi connectivity index (χ1v) is 8.95. The number of esters is 1. The number of hydrogen-bond acceptors (Lipinski definition) is 6. The average Bonchev–Trinajstić information content (AvgIpc) is 2.66. The minimum atomic E-state index is -0.910. The molecule has 1 N–H and O–H groups in total. The summed E-state index contributed by atoms with van der Waals surface area (Å²) < 4.78 is 15.1. The number of hydrogen-bond donors (Lipinski definition) is 1. The van der Waals surface area contributed by atoms with Gasteiger partial charge >= 0.3 is 12.1 Å². The van der Waals surface area contributed by atoms with Crippen molar-refractivity contribution in [3.8, 4) is 5.75 Å². The number of amides is 2. The van der Waals surface area contributed by atoms with Crippen molar-refractivity contribution in [1.82, 2.24) is 5.32 Å². The van der Waals surface area contributed by atoms with Crippen molar-refractivity contribution in [2.75, 3.05) is 13.2 Å². The fourth-order valence-electron chi connectivity index (χ4n) is 2.08. The van der Waals surface area contributed by atoms with Gasteiger partial charge in [-0.05, 0) is 31.2 Å². The molecule has 2 aromatic carbocycles. The first kappa shape index (κ1) is 21.5. The highest BCUT2D eigenvalue weighted by molar-refractivity contribution is 6.35. The van der Waals surface area contributed by atoms with Gasteiger partial charge in [-0.15, -0.1) is 0 Å². The highest BCUT2D eigenvalue weighted by Gasteiger charge is 2.17. The first-order valence-electron chi connectivity index (χ1n) is 8.20. The van der Waals surface area contributed by atoms with E-state index in [2.05, 4.69) is 4.74 Å². The third kappa shape index (κ3) is 6.44. The normalized spacial score (nSPS) is 10.1. The van der Waals surface area contributed by atoms with E-state index in [1.807, 2.05) is 5.32 Å². The standard InChI is InChI=1S/C19H17Cl2NO6/c1-2-26-19(25)22-17(23)11-28-18(24)14-5-3-4-6-16(14)27-10-12-7-8-13(20)9-15(12)21/h3-9H,2,10-11H2,1H3,(H,22,23,25). The van der Waals surface area contributed by atoms with E-state index in [1.54, 1.807) is 43.3 Å². The van der Waals surface area contributed by atoms with Crippen molar-refractivity contribution >= 4 is 41.2 Å². The van der Waals surface area contributed by atoms with Crippen LogP contribution in [0.25, 0.3) is 0 Å². The molecule has 0 atom stereocenters. The summed E-state index contributed by atoms with van der Waals surface area (Å²) in [5.74, 6) is -1.33. The van der Waals surface area contributed by atoms with Crippen LogP contribution < -0.4 is 10.1 Å². The van der Waals surface area contributed by atoms with Crippen LogP contribution in [0.4, 0.5) is 4.79 Å². The van der Waals surface area contributed by atoms with Crippen LogP contribution in [0.5, 0.6) is 5.75 Å². The van der Waals surface area contributed by atoms with Gasteiger partial charge in [0.1, 0.15) is 17.9 Å². The summed E-state index contributed by atoms with van der Waals surface area (Å²) >= 11 is 12.0. The molecule has 0 aromatic heterocycles. The third-order valence-electron chi connectivity index (χ3n) is 3.36. The Hall–Kier alpha value is -2.77. The Morgan fingerprint density at radius 2 is 1.79 bits per heavy atom. The van der Waals surface area contributed by atoms with Gasteiger partial charge in [0, 0.05) is 15.6 Å². The molecule has 0 spiro atoms. The van der Waals surface area contributed by atoms with E-state index in [0.29, 0.717) is 15.6 Å². The Balaban J connectivity index is 1.97. The van der Waals surface area contributed by atoms with Crippen molar-refractivity contribution in [2.45, 2.75) is 13.5 Å². The fourth-order valence-corrected chi connectivity index (χ4v) is 2.54. The summed E-state index contributed by atoms with van der Waals surface area (Å²) in [4.78, 5) is 35.0. The van der Waals surface area contributed by atoms with E-state index in [0.717, 1.165) is 0 Å². The summed E-state index contributed by atoms with van der Waals surface area (Å²) in [7, 11) is 0. The Labute approximate surface area is 171 Å². The molecule has 0 aliphatic carbocycles. The number of ether oxygens (including phenoxy) is 3. The molecule has 2 rings (SSSR count). The van der Waals surface area contributed by atoms with Crippen molar-refractivity contribution in [2.24, 2.45) is 0 Å². The van der Waals surface area contributed by atoms with Gasteiger partial charge in [0.2, 0.25) is 0 Å². The molecule has 0 heterocycles. The van der Waals surface area contributed by atoms with Crippen LogP contribution in [-0.4, -0.2) is 31.2 Å². The van der Waals surface area contributed by atoms with Crippen LogP contribution >= 0.6 is 23.2 Å². The Morgan fingerprint density at radius 1 is 1.04 bits per heavy atom. The van der Waals surface area contributed by atoms with E-state index >= 15 is 0 Å². The quantitative estimate of drug-likeness (QED) is 0.673. The maximum atomic E-state index is 12.3. The maximum absolute atomic E-state index is 12.3. The van der Waals surface area contributed by atoms with Crippen LogP contribution in [0.15, 0.2) is 42.5 Å². The molecule has 0 saturated heterocycles. The van der Waals surface area contributed by atoms with E-state index in [9.17, 15) is 14.4 Å². The van der Waals surface area contributed by atoms with Gasteiger partial charge in [-0.3, -0.25) is 10.1 Å². The number of imide groups is 1. The second kappa shape index (κ2) is 10.5. The monoisotopic (exact) mass is 425 g/mol. The molecule has 7 nitrogen and oxygen atoms in total. The Morgan fingerprint density at radius 3 is 2.50 bits per heavy atom.